The number of nitro groups is 1. The summed E-state index contributed by atoms with van der Waals surface area (Å²) in [6.45, 7) is 5.08. The van der Waals surface area contributed by atoms with Gasteiger partial charge in [-0.3, -0.25) is 10.1 Å². The zero-order valence-corrected chi connectivity index (χ0v) is 11.4. The highest BCUT2D eigenvalue weighted by atomic mass is 16.6. The Morgan fingerprint density at radius 2 is 2.11 bits per heavy atom. The first-order valence-corrected chi connectivity index (χ1v) is 6.56. The van der Waals surface area contributed by atoms with Crippen molar-refractivity contribution in [1.29, 1.82) is 0 Å². The molecule has 106 valence electrons. The molecule has 0 aliphatic carbocycles. The molecule has 0 unspecified atom stereocenters. The van der Waals surface area contributed by atoms with Crippen molar-refractivity contribution in [3.63, 3.8) is 0 Å². The fourth-order valence-corrected chi connectivity index (χ4v) is 1.54. The van der Waals surface area contributed by atoms with Crippen LogP contribution in [0.15, 0.2) is 6.33 Å². The number of anilines is 1. The minimum Gasteiger partial charge on any atom is -0.473 e. The molecule has 19 heavy (non-hydrogen) atoms. The van der Waals surface area contributed by atoms with Gasteiger partial charge < -0.3 is 10.1 Å². The molecule has 1 heterocycles. The van der Waals surface area contributed by atoms with E-state index in [1.807, 2.05) is 6.92 Å². The smallest absolute Gasteiger partial charge is 0.372 e. The van der Waals surface area contributed by atoms with Crippen molar-refractivity contribution in [2.45, 2.75) is 39.5 Å². The highest BCUT2D eigenvalue weighted by molar-refractivity contribution is 5.61. The number of unbranched alkanes of at least 4 members (excludes halogenated alkanes) is 2. The minimum atomic E-state index is -0.507. The lowest BCUT2D eigenvalue weighted by Gasteiger charge is -2.08. The van der Waals surface area contributed by atoms with Gasteiger partial charge in [-0.2, -0.15) is 4.98 Å². The number of hydrogen-bond acceptors (Lipinski definition) is 6. The van der Waals surface area contributed by atoms with Crippen LogP contribution in [-0.4, -0.2) is 28.0 Å². The molecule has 0 bridgehead atoms. The van der Waals surface area contributed by atoms with Crippen LogP contribution in [0.3, 0.4) is 0 Å². The molecule has 1 aromatic rings. The van der Waals surface area contributed by atoms with Crippen molar-refractivity contribution in [3.8, 4) is 5.88 Å². The lowest BCUT2D eigenvalue weighted by Crippen LogP contribution is -2.09. The molecule has 0 saturated carbocycles. The number of aromatic nitrogens is 2. The molecule has 1 rings (SSSR count). The van der Waals surface area contributed by atoms with Crippen molar-refractivity contribution in [3.05, 3.63) is 16.4 Å². The average molecular weight is 268 g/mol. The molecule has 0 aliphatic heterocycles. The maximum Gasteiger partial charge on any atom is 0.372 e. The van der Waals surface area contributed by atoms with Crippen LogP contribution in [0.5, 0.6) is 5.88 Å². The molecule has 7 nitrogen and oxygen atoms in total. The van der Waals surface area contributed by atoms with Gasteiger partial charge >= 0.3 is 5.69 Å². The first kappa shape index (κ1) is 15.1. The van der Waals surface area contributed by atoms with E-state index < -0.39 is 4.92 Å². The van der Waals surface area contributed by atoms with E-state index in [2.05, 4.69) is 22.2 Å². The van der Waals surface area contributed by atoms with E-state index in [-0.39, 0.29) is 17.4 Å². The van der Waals surface area contributed by atoms with Gasteiger partial charge in [0.05, 0.1) is 11.5 Å². The molecule has 0 radical (unpaired) electrons. The molecular weight excluding hydrogens is 248 g/mol. The van der Waals surface area contributed by atoms with E-state index >= 15 is 0 Å². The molecular formula is C12H20N4O3. The molecule has 0 spiro atoms. The summed E-state index contributed by atoms with van der Waals surface area (Å²) in [5.74, 6) is 0.252. The van der Waals surface area contributed by atoms with Crippen molar-refractivity contribution >= 4 is 11.5 Å². The normalized spacial score (nSPS) is 10.2. The number of nitrogens with zero attached hydrogens (tertiary/aromatic N) is 3. The standard InChI is InChI=1S/C12H20N4O3/c1-3-5-6-7-13-11-10(16(17)18)12(15-9-14-11)19-8-4-2/h9H,3-8H2,1-2H3,(H,13,14,15). The monoisotopic (exact) mass is 268 g/mol. The number of nitrogens with one attached hydrogen (secondary N) is 1. The molecule has 0 amide bonds. The van der Waals surface area contributed by atoms with Crippen LogP contribution < -0.4 is 10.1 Å². The molecule has 0 aliphatic rings. The van der Waals surface area contributed by atoms with E-state index in [0.29, 0.717) is 13.2 Å². The molecule has 0 saturated heterocycles. The first-order valence-electron chi connectivity index (χ1n) is 6.56. The molecule has 0 aromatic carbocycles. The average Bonchev–Trinajstić information content (AvgIpc) is 2.41. The Morgan fingerprint density at radius 3 is 2.74 bits per heavy atom. The Balaban J connectivity index is 2.80. The van der Waals surface area contributed by atoms with Gasteiger partial charge in [-0.05, 0) is 12.8 Å². The highest BCUT2D eigenvalue weighted by Crippen LogP contribution is 2.30. The van der Waals surface area contributed by atoms with E-state index in [9.17, 15) is 10.1 Å². The second-order valence-corrected chi connectivity index (χ2v) is 4.12. The zero-order chi connectivity index (χ0) is 14.1. The third kappa shape index (κ3) is 4.69. The Hall–Kier alpha value is -1.92. The number of rotatable bonds is 9. The van der Waals surface area contributed by atoms with Gasteiger partial charge in [0.15, 0.2) is 0 Å². The molecule has 0 fully saturated rings. The predicted octanol–water partition coefficient (Wildman–Crippen LogP) is 2.78. The Kier molecular flexibility index (Phi) is 6.56. The van der Waals surface area contributed by atoms with Gasteiger partial charge in [0, 0.05) is 6.54 Å². The van der Waals surface area contributed by atoms with Crippen molar-refractivity contribution in [2.24, 2.45) is 0 Å². The summed E-state index contributed by atoms with van der Waals surface area (Å²) in [5, 5.41) is 14.1. The summed E-state index contributed by atoms with van der Waals surface area (Å²) in [6.07, 6.45) is 5.16. The summed E-state index contributed by atoms with van der Waals surface area (Å²) in [5.41, 5.74) is -0.188. The van der Waals surface area contributed by atoms with E-state index in [1.165, 1.54) is 6.33 Å². The topological polar surface area (TPSA) is 90.2 Å². The van der Waals surface area contributed by atoms with E-state index in [1.54, 1.807) is 0 Å². The third-order valence-electron chi connectivity index (χ3n) is 2.49. The van der Waals surface area contributed by atoms with Crippen LogP contribution in [0.25, 0.3) is 0 Å². The first-order chi connectivity index (χ1) is 9.20. The fraction of sp³-hybridized carbons (Fsp3) is 0.667. The van der Waals surface area contributed by atoms with Crippen LogP contribution >= 0.6 is 0 Å². The van der Waals surface area contributed by atoms with Gasteiger partial charge in [-0.1, -0.05) is 26.7 Å². The maximum absolute atomic E-state index is 11.1. The van der Waals surface area contributed by atoms with Crippen molar-refractivity contribution in [1.82, 2.24) is 9.97 Å². The van der Waals surface area contributed by atoms with Gasteiger partial charge in [0.2, 0.25) is 5.82 Å². The largest absolute Gasteiger partial charge is 0.473 e. The van der Waals surface area contributed by atoms with Crippen LogP contribution in [0, 0.1) is 10.1 Å². The molecule has 1 N–H and O–H groups in total. The van der Waals surface area contributed by atoms with Gasteiger partial charge in [-0.25, -0.2) is 4.98 Å². The summed E-state index contributed by atoms with van der Waals surface area (Å²) in [7, 11) is 0. The number of ether oxygens (including phenoxy) is 1. The summed E-state index contributed by atoms with van der Waals surface area (Å²) < 4.78 is 5.28. The lowest BCUT2D eigenvalue weighted by atomic mass is 10.2. The van der Waals surface area contributed by atoms with Crippen molar-refractivity contribution in [2.75, 3.05) is 18.5 Å². The van der Waals surface area contributed by atoms with Gasteiger partial charge in [-0.15, -0.1) is 0 Å². The Labute approximate surface area is 112 Å². The highest BCUT2D eigenvalue weighted by Gasteiger charge is 2.23. The van der Waals surface area contributed by atoms with E-state index in [4.69, 9.17) is 4.74 Å². The summed E-state index contributed by atoms with van der Waals surface area (Å²) in [6, 6.07) is 0. The third-order valence-corrected chi connectivity index (χ3v) is 2.49. The molecule has 7 heteroatoms. The zero-order valence-electron chi connectivity index (χ0n) is 11.4. The van der Waals surface area contributed by atoms with E-state index in [0.717, 1.165) is 25.7 Å². The second kappa shape index (κ2) is 8.23. The quantitative estimate of drug-likeness (QED) is 0.420. The minimum absolute atomic E-state index is 0.0276. The molecule has 1 aromatic heterocycles. The van der Waals surface area contributed by atoms with Crippen molar-refractivity contribution < 1.29 is 9.66 Å². The molecule has 0 atom stereocenters. The Morgan fingerprint density at radius 1 is 1.32 bits per heavy atom. The predicted molar refractivity (Wildman–Crippen MR) is 72.5 cm³/mol. The summed E-state index contributed by atoms with van der Waals surface area (Å²) >= 11 is 0. The van der Waals surface area contributed by atoms with Crippen LogP contribution in [0.4, 0.5) is 11.5 Å². The van der Waals surface area contributed by atoms with Gasteiger partial charge in [0.1, 0.15) is 6.33 Å². The fourth-order valence-electron chi connectivity index (χ4n) is 1.54. The van der Waals surface area contributed by atoms with Gasteiger partial charge in [0.25, 0.3) is 5.88 Å². The lowest BCUT2D eigenvalue weighted by molar-refractivity contribution is -0.385. The van der Waals surface area contributed by atoms with Crippen LogP contribution in [0.2, 0.25) is 0 Å². The second-order valence-electron chi connectivity index (χ2n) is 4.12. The SMILES string of the molecule is CCCCCNc1ncnc(OCCC)c1[N+](=O)[O-]. The Bertz CT molecular complexity index is 412. The van der Waals surface area contributed by atoms with Crippen LogP contribution in [0.1, 0.15) is 39.5 Å². The number of hydrogen-bond donors (Lipinski definition) is 1. The maximum atomic E-state index is 11.1. The summed E-state index contributed by atoms with van der Waals surface area (Å²) in [4.78, 5) is 18.3. The van der Waals surface area contributed by atoms with Crippen LogP contribution in [-0.2, 0) is 0 Å².